The van der Waals surface area contributed by atoms with Crippen LogP contribution in [0.4, 0.5) is 4.39 Å². The molecule has 10 heavy (non-hydrogen) atoms. The second kappa shape index (κ2) is 3.17. The second-order valence-corrected chi connectivity index (χ2v) is 4.01. The van der Waals surface area contributed by atoms with E-state index in [1.807, 2.05) is 35.6 Å². The van der Waals surface area contributed by atoms with Crippen molar-refractivity contribution in [3.63, 3.8) is 0 Å². The predicted octanol–water partition coefficient (Wildman–Crippen LogP) is 3.50. The highest BCUT2D eigenvalue weighted by Crippen LogP contribution is 2.20. The summed E-state index contributed by atoms with van der Waals surface area (Å²) in [7, 11) is 0. The summed E-state index contributed by atoms with van der Waals surface area (Å²) in [5.74, 6) is -0.160. The highest BCUT2D eigenvalue weighted by molar-refractivity contribution is 14.1. The van der Waals surface area contributed by atoms with Gasteiger partial charge < -0.3 is 0 Å². The van der Waals surface area contributed by atoms with Crippen LogP contribution in [-0.4, -0.2) is 0 Å². The van der Waals surface area contributed by atoms with Crippen LogP contribution in [0.25, 0.3) is 0 Å². The van der Waals surface area contributed by atoms with Crippen molar-refractivity contribution >= 4 is 38.5 Å². The Hall–Kier alpha value is 0.360. The fourth-order valence-electron chi connectivity index (χ4n) is 0.685. The fraction of sp³-hybridized carbons (Fsp3) is 0.143. The first-order valence-electron chi connectivity index (χ1n) is 2.72. The Morgan fingerprint density at radius 3 is 2.60 bits per heavy atom. The molecule has 0 unspecified atom stereocenters. The topological polar surface area (TPSA) is 0 Å². The minimum Gasteiger partial charge on any atom is -0.206 e. The number of benzene rings is 1. The molecular weight excluding hydrogens is 310 g/mol. The van der Waals surface area contributed by atoms with E-state index < -0.39 is 0 Å². The first kappa shape index (κ1) is 8.46. The van der Waals surface area contributed by atoms with Crippen LogP contribution >= 0.6 is 38.5 Å². The number of hydrogen-bond acceptors (Lipinski definition) is 0. The van der Waals surface area contributed by atoms with Gasteiger partial charge in [-0.15, -0.1) is 0 Å². The smallest absolute Gasteiger partial charge is 0.137 e. The standard InChI is InChI=1S/C7H5BrFI/c1-4-2-5(8)3-6(9)7(4)10/h2-3H,1H3. The van der Waals surface area contributed by atoms with Gasteiger partial charge in [-0.3, -0.25) is 0 Å². The van der Waals surface area contributed by atoms with Crippen molar-refractivity contribution in [2.24, 2.45) is 0 Å². The lowest BCUT2D eigenvalue weighted by Gasteiger charge is -1.99. The van der Waals surface area contributed by atoms with E-state index in [1.165, 1.54) is 6.07 Å². The SMILES string of the molecule is Cc1cc(Br)cc(F)c1I. The summed E-state index contributed by atoms with van der Waals surface area (Å²) in [5.41, 5.74) is 0.965. The van der Waals surface area contributed by atoms with Crippen molar-refractivity contribution in [2.45, 2.75) is 6.92 Å². The molecule has 0 aliphatic heterocycles. The predicted molar refractivity (Wildman–Crippen MR) is 51.6 cm³/mol. The van der Waals surface area contributed by atoms with Gasteiger partial charge in [-0.1, -0.05) is 15.9 Å². The molecule has 0 radical (unpaired) electrons. The number of aryl methyl sites for hydroxylation is 1. The van der Waals surface area contributed by atoms with Crippen LogP contribution in [0.1, 0.15) is 5.56 Å². The van der Waals surface area contributed by atoms with Crippen LogP contribution < -0.4 is 0 Å². The summed E-state index contributed by atoms with van der Waals surface area (Å²) in [6, 6.07) is 3.36. The molecule has 1 aromatic rings. The van der Waals surface area contributed by atoms with Gasteiger partial charge in [-0.25, -0.2) is 4.39 Å². The molecule has 1 aromatic carbocycles. The molecule has 0 aliphatic carbocycles. The summed E-state index contributed by atoms with van der Waals surface area (Å²) >= 11 is 5.19. The number of rotatable bonds is 0. The Bertz CT molecular complexity index is 237. The fourth-order valence-corrected chi connectivity index (χ4v) is 1.54. The zero-order valence-electron chi connectivity index (χ0n) is 5.29. The molecule has 3 heteroatoms. The lowest BCUT2D eigenvalue weighted by molar-refractivity contribution is 0.618. The molecule has 1 rings (SSSR count). The van der Waals surface area contributed by atoms with Gasteiger partial charge >= 0.3 is 0 Å². The quantitative estimate of drug-likeness (QED) is 0.508. The van der Waals surface area contributed by atoms with Crippen molar-refractivity contribution in [3.05, 3.63) is 31.6 Å². The summed E-state index contributed by atoms with van der Waals surface area (Å²) in [4.78, 5) is 0. The van der Waals surface area contributed by atoms with E-state index in [2.05, 4.69) is 15.9 Å². The van der Waals surface area contributed by atoms with Gasteiger partial charge in [0, 0.05) is 4.47 Å². The van der Waals surface area contributed by atoms with Crippen LogP contribution in [0.5, 0.6) is 0 Å². The van der Waals surface area contributed by atoms with E-state index >= 15 is 0 Å². The molecule has 0 nitrogen and oxygen atoms in total. The molecule has 0 bridgehead atoms. The van der Waals surface area contributed by atoms with Crippen molar-refractivity contribution in [1.82, 2.24) is 0 Å². The molecule has 0 saturated carbocycles. The van der Waals surface area contributed by atoms with E-state index in [1.54, 1.807) is 0 Å². The van der Waals surface area contributed by atoms with Gasteiger partial charge in [0.1, 0.15) is 5.82 Å². The molecule has 0 aliphatic rings. The normalized spacial score (nSPS) is 10.0. The zero-order valence-corrected chi connectivity index (χ0v) is 9.03. The molecule has 0 heterocycles. The third kappa shape index (κ3) is 1.69. The second-order valence-electron chi connectivity index (χ2n) is 2.02. The maximum Gasteiger partial charge on any atom is 0.137 e. The monoisotopic (exact) mass is 314 g/mol. The van der Waals surface area contributed by atoms with Gasteiger partial charge in [-0.2, -0.15) is 0 Å². The molecular formula is C7H5BrFI. The zero-order chi connectivity index (χ0) is 7.72. The molecule has 0 aromatic heterocycles. The Balaban J connectivity index is 3.31. The number of hydrogen-bond donors (Lipinski definition) is 0. The van der Waals surface area contributed by atoms with Gasteiger partial charge in [-0.05, 0) is 47.2 Å². The highest BCUT2D eigenvalue weighted by atomic mass is 127. The third-order valence-electron chi connectivity index (χ3n) is 1.17. The number of halogens is 3. The van der Waals surface area contributed by atoms with Gasteiger partial charge in [0.2, 0.25) is 0 Å². The Morgan fingerprint density at radius 2 is 2.10 bits per heavy atom. The van der Waals surface area contributed by atoms with E-state index in [0.717, 1.165) is 10.0 Å². The lowest BCUT2D eigenvalue weighted by atomic mass is 10.2. The van der Waals surface area contributed by atoms with E-state index in [-0.39, 0.29) is 5.82 Å². The van der Waals surface area contributed by atoms with Gasteiger partial charge in [0.25, 0.3) is 0 Å². The van der Waals surface area contributed by atoms with E-state index in [9.17, 15) is 4.39 Å². The summed E-state index contributed by atoms with van der Waals surface area (Å²) < 4.78 is 14.3. The van der Waals surface area contributed by atoms with Crippen molar-refractivity contribution < 1.29 is 4.39 Å². The maximum absolute atomic E-state index is 12.8. The molecule has 0 N–H and O–H groups in total. The molecule has 0 amide bonds. The van der Waals surface area contributed by atoms with E-state index in [4.69, 9.17) is 0 Å². The molecule has 54 valence electrons. The average Bonchev–Trinajstić information content (AvgIpc) is 1.82. The molecule has 0 saturated heterocycles. The Labute approximate surface area is 81.1 Å². The highest BCUT2D eigenvalue weighted by Gasteiger charge is 2.02. The molecule has 0 atom stereocenters. The lowest BCUT2D eigenvalue weighted by Crippen LogP contribution is -1.85. The summed E-state index contributed by atoms with van der Waals surface area (Å²) in [5, 5.41) is 0. The first-order valence-corrected chi connectivity index (χ1v) is 4.59. The van der Waals surface area contributed by atoms with Crippen molar-refractivity contribution in [1.29, 1.82) is 0 Å². The Kier molecular flexibility index (Phi) is 2.68. The largest absolute Gasteiger partial charge is 0.206 e. The Morgan fingerprint density at radius 1 is 1.50 bits per heavy atom. The van der Waals surface area contributed by atoms with Crippen LogP contribution in [-0.2, 0) is 0 Å². The van der Waals surface area contributed by atoms with Crippen LogP contribution in [0.2, 0.25) is 0 Å². The minimum absolute atomic E-state index is 0.160. The molecule has 0 fully saturated rings. The van der Waals surface area contributed by atoms with Crippen LogP contribution in [0.3, 0.4) is 0 Å². The first-order chi connectivity index (χ1) is 4.61. The van der Waals surface area contributed by atoms with Crippen LogP contribution in [0, 0.1) is 16.3 Å². The average molecular weight is 315 g/mol. The molecule has 0 spiro atoms. The van der Waals surface area contributed by atoms with Crippen LogP contribution in [0.15, 0.2) is 16.6 Å². The maximum atomic E-state index is 12.8. The van der Waals surface area contributed by atoms with Gasteiger partial charge in [0.05, 0.1) is 3.57 Å². The third-order valence-corrected chi connectivity index (χ3v) is 3.00. The van der Waals surface area contributed by atoms with Crippen molar-refractivity contribution in [2.75, 3.05) is 0 Å². The van der Waals surface area contributed by atoms with E-state index in [0.29, 0.717) is 3.57 Å². The summed E-state index contributed by atoms with van der Waals surface area (Å²) in [6.07, 6.45) is 0. The minimum atomic E-state index is -0.160. The summed E-state index contributed by atoms with van der Waals surface area (Å²) in [6.45, 7) is 1.88. The van der Waals surface area contributed by atoms with Crippen molar-refractivity contribution in [3.8, 4) is 0 Å². The van der Waals surface area contributed by atoms with Gasteiger partial charge in [0.15, 0.2) is 0 Å².